The van der Waals surface area contributed by atoms with Crippen LogP contribution in [-0.4, -0.2) is 45.5 Å². The molecular formula is C16H25N3O3S. The van der Waals surface area contributed by atoms with Crippen LogP contribution < -0.4 is 5.32 Å². The van der Waals surface area contributed by atoms with Crippen LogP contribution in [0.3, 0.4) is 0 Å². The first-order valence-electron chi connectivity index (χ1n) is 8.16. The van der Waals surface area contributed by atoms with Gasteiger partial charge in [0.2, 0.25) is 11.8 Å². The second-order valence-electron chi connectivity index (χ2n) is 5.88. The average molecular weight is 339 g/mol. The van der Waals surface area contributed by atoms with Crippen LogP contribution in [0.15, 0.2) is 10.6 Å². The molecule has 0 radical (unpaired) electrons. The van der Waals surface area contributed by atoms with E-state index in [0.29, 0.717) is 23.4 Å². The van der Waals surface area contributed by atoms with Crippen molar-refractivity contribution < 1.29 is 14.1 Å². The highest BCUT2D eigenvalue weighted by Gasteiger charge is 2.26. The molecule has 1 aromatic heterocycles. The fourth-order valence-electron chi connectivity index (χ4n) is 2.86. The van der Waals surface area contributed by atoms with E-state index in [0.717, 1.165) is 19.4 Å². The van der Waals surface area contributed by atoms with Crippen molar-refractivity contribution in [2.45, 2.75) is 57.7 Å². The molecule has 1 aromatic rings. The van der Waals surface area contributed by atoms with Crippen molar-refractivity contribution in [2.24, 2.45) is 0 Å². The average Bonchev–Trinajstić information content (AvgIpc) is 3.17. The molecule has 0 bridgehead atoms. The smallest absolute Gasteiger partial charge is 0.238 e. The summed E-state index contributed by atoms with van der Waals surface area (Å²) in [6.45, 7) is 6.32. The van der Waals surface area contributed by atoms with Gasteiger partial charge in [0.25, 0.3) is 0 Å². The maximum atomic E-state index is 12.4. The van der Waals surface area contributed by atoms with Crippen LogP contribution in [0.1, 0.15) is 45.3 Å². The lowest BCUT2D eigenvalue weighted by atomic mass is 10.2. The lowest BCUT2D eigenvalue weighted by Crippen LogP contribution is -2.40. The van der Waals surface area contributed by atoms with Crippen LogP contribution in [0.4, 0.5) is 5.82 Å². The van der Waals surface area contributed by atoms with E-state index in [9.17, 15) is 9.59 Å². The fourth-order valence-corrected chi connectivity index (χ4v) is 3.63. The molecule has 2 rings (SSSR count). The normalized spacial score (nSPS) is 16.3. The van der Waals surface area contributed by atoms with Crippen LogP contribution >= 0.6 is 11.8 Å². The third-order valence-corrected chi connectivity index (χ3v) is 5.26. The van der Waals surface area contributed by atoms with E-state index in [4.69, 9.17) is 4.52 Å². The molecule has 1 fully saturated rings. The Kier molecular flexibility index (Phi) is 6.50. The maximum absolute atomic E-state index is 12.4. The quantitative estimate of drug-likeness (QED) is 0.827. The van der Waals surface area contributed by atoms with Crippen LogP contribution in [0.2, 0.25) is 0 Å². The number of nitrogens with one attached hydrogen (secondary N) is 1. The highest BCUT2D eigenvalue weighted by atomic mass is 32.2. The molecule has 2 amide bonds. The lowest BCUT2D eigenvalue weighted by molar-refractivity contribution is -0.130. The molecule has 1 aliphatic carbocycles. The standard InChI is InChI=1S/C16H25N3O3S/c1-4-19(13-7-5-6-8-13)15(20)10-23-12(3)16(21)17-14-9-11(2)22-18-14/h9,12-13H,4-8,10H2,1-3H3,(H,17,18,21). The SMILES string of the molecule is CCN(C(=O)CSC(C)C(=O)Nc1cc(C)on1)C1CCCC1. The third kappa shape index (κ3) is 4.99. The molecule has 1 N–H and O–H groups in total. The molecule has 7 heteroatoms. The summed E-state index contributed by atoms with van der Waals surface area (Å²) in [5.74, 6) is 1.34. The van der Waals surface area contributed by atoms with Gasteiger partial charge in [-0.05, 0) is 33.6 Å². The van der Waals surface area contributed by atoms with E-state index >= 15 is 0 Å². The lowest BCUT2D eigenvalue weighted by Gasteiger charge is -2.28. The summed E-state index contributed by atoms with van der Waals surface area (Å²) < 4.78 is 4.91. The van der Waals surface area contributed by atoms with Gasteiger partial charge in [0, 0.05) is 18.7 Å². The number of aromatic nitrogens is 1. The molecule has 0 aliphatic heterocycles. The molecule has 6 nitrogen and oxygen atoms in total. The topological polar surface area (TPSA) is 75.4 Å². The summed E-state index contributed by atoms with van der Waals surface area (Å²) in [5, 5.41) is 6.11. The summed E-state index contributed by atoms with van der Waals surface area (Å²) in [6.07, 6.45) is 4.62. The second kappa shape index (κ2) is 8.38. The number of rotatable bonds is 7. The van der Waals surface area contributed by atoms with E-state index in [-0.39, 0.29) is 17.1 Å². The minimum atomic E-state index is -0.321. The van der Waals surface area contributed by atoms with Crippen molar-refractivity contribution in [1.82, 2.24) is 10.1 Å². The Balaban J connectivity index is 1.79. The molecule has 1 aliphatic rings. The molecular weight excluding hydrogens is 314 g/mol. The zero-order chi connectivity index (χ0) is 16.8. The van der Waals surface area contributed by atoms with Gasteiger partial charge in [0.05, 0.1) is 11.0 Å². The number of aryl methyl sites for hydroxylation is 1. The van der Waals surface area contributed by atoms with Crippen molar-refractivity contribution >= 4 is 29.4 Å². The molecule has 1 heterocycles. The molecule has 23 heavy (non-hydrogen) atoms. The summed E-state index contributed by atoms with van der Waals surface area (Å²) in [7, 11) is 0. The van der Waals surface area contributed by atoms with Crippen LogP contribution in [-0.2, 0) is 9.59 Å². The van der Waals surface area contributed by atoms with Gasteiger partial charge in [-0.2, -0.15) is 0 Å². The molecule has 0 aromatic carbocycles. The van der Waals surface area contributed by atoms with Crippen molar-refractivity contribution in [3.8, 4) is 0 Å². The minimum absolute atomic E-state index is 0.126. The first-order chi connectivity index (χ1) is 11.0. The summed E-state index contributed by atoms with van der Waals surface area (Å²) in [6, 6.07) is 2.05. The monoisotopic (exact) mass is 339 g/mol. The van der Waals surface area contributed by atoms with Crippen LogP contribution in [0.25, 0.3) is 0 Å². The second-order valence-corrected chi connectivity index (χ2v) is 7.21. The number of hydrogen-bond donors (Lipinski definition) is 1. The number of hydrogen-bond acceptors (Lipinski definition) is 5. The van der Waals surface area contributed by atoms with E-state index < -0.39 is 0 Å². The summed E-state index contributed by atoms with van der Waals surface area (Å²) in [5.41, 5.74) is 0. The predicted molar refractivity (Wildman–Crippen MR) is 91.4 cm³/mol. The molecule has 0 spiro atoms. The van der Waals surface area contributed by atoms with Gasteiger partial charge in [0.1, 0.15) is 5.76 Å². The van der Waals surface area contributed by atoms with Crippen molar-refractivity contribution in [2.75, 3.05) is 17.6 Å². The van der Waals surface area contributed by atoms with E-state index in [1.165, 1.54) is 24.6 Å². The van der Waals surface area contributed by atoms with Crippen LogP contribution in [0.5, 0.6) is 0 Å². The largest absolute Gasteiger partial charge is 0.360 e. The number of carbonyl (C=O) groups excluding carboxylic acids is 2. The highest BCUT2D eigenvalue weighted by molar-refractivity contribution is 8.01. The van der Waals surface area contributed by atoms with Gasteiger partial charge in [-0.1, -0.05) is 18.0 Å². The zero-order valence-electron chi connectivity index (χ0n) is 14.0. The van der Waals surface area contributed by atoms with E-state index in [1.54, 1.807) is 19.9 Å². The minimum Gasteiger partial charge on any atom is -0.360 e. The van der Waals surface area contributed by atoms with Crippen LogP contribution in [0, 0.1) is 6.92 Å². The van der Waals surface area contributed by atoms with Gasteiger partial charge < -0.3 is 14.7 Å². The zero-order valence-corrected chi connectivity index (χ0v) is 14.8. The van der Waals surface area contributed by atoms with Gasteiger partial charge in [-0.3, -0.25) is 9.59 Å². The Labute approximate surface area is 141 Å². The number of nitrogens with zero attached hydrogens (tertiary/aromatic N) is 2. The van der Waals surface area contributed by atoms with Gasteiger partial charge in [-0.15, -0.1) is 11.8 Å². The number of amides is 2. The van der Waals surface area contributed by atoms with Crippen molar-refractivity contribution in [1.29, 1.82) is 0 Å². The fraction of sp³-hybridized carbons (Fsp3) is 0.688. The Hall–Kier alpha value is -1.50. The van der Waals surface area contributed by atoms with Crippen molar-refractivity contribution in [3.05, 3.63) is 11.8 Å². The van der Waals surface area contributed by atoms with Crippen molar-refractivity contribution in [3.63, 3.8) is 0 Å². The summed E-state index contributed by atoms with van der Waals surface area (Å²) >= 11 is 1.36. The molecule has 0 saturated heterocycles. The van der Waals surface area contributed by atoms with E-state index in [2.05, 4.69) is 10.5 Å². The maximum Gasteiger partial charge on any atom is 0.238 e. The Morgan fingerprint density at radius 1 is 1.48 bits per heavy atom. The van der Waals surface area contributed by atoms with Gasteiger partial charge in [-0.25, -0.2) is 0 Å². The first-order valence-corrected chi connectivity index (χ1v) is 9.21. The van der Waals surface area contributed by atoms with Gasteiger partial charge in [0.15, 0.2) is 5.82 Å². The molecule has 1 unspecified atom stereocenters. The highest BCUT2D eigenvalue weighted by Crippen LogP contribution is 2.24. The molecule has 128 valence electrons. The molecule has 1 atom stereocenters. The third-order valence-electron chi connectivity index (χ3n) is 4.13. The summed E-state index contributed by atoms with van der Waals surface area (Å²) in [4.78, 5) is 26.5. The molecule has 1 saturated carbocycles. The number of anilines is 1. The number of thioether (sulfide) groups is 1. The Morgan fingerprint density at radius 3 is 2.74 bits per heavy atom. The Bertz CT molecular complexity index is 540. The van der Waals surface area contributed by atoms with E-state index in [1.807, 2.05) is 11.8 Å². The Morgan fingerprint density at radius 2 is 2.17 bits per heavy atom. The number of carbonyl (C=O) groups is 2. The van der Waals surface area contributed by atoms with Gasteiger partial charge >= 0.3 is 0 Å². The predicted octanol–water partition coefficient (Wildman–Crippen LogP) is 2.83. The first kappa shape index (κ1) is 17.8.